The molecule has 0 aliphatic rings. The number of hydrogen-bond acceptors (Lipinski definition) is 2. The van der Waals surface area contributed by atoms with Crippen LogP contribution in [0.5, 0.6) is 0 Å². The molecule has 0 saturated carbocycles. The molecule has 0 spiro atoms. The molecule has 0 radical (unpaired) electrons. The number of hydrogen-bond donors (Lipinski definition) is 1. The van der Waals surface area contributed by atoms with Crippen molar-refractivity contribution in [1.29, 1.82) is 0 Å². The molecule has 3 heteroatoms. The maximum Gasteiger partial charge on any atom is 0.227 e. The van der Waals surface area contributed by atoms with Crippen molar-refractivity contribution in [2.75, 3.05) is 12.3 Å². The number of aryl methyl sites for hydroxylation is 1. The normalized spacial score (nSPS) is 10.4. The summed E-state index contributed by atoms with van der Waals surface area (Å²) in [4.78, 5) is 14.3. The zero-order valence-corrected chi connectivity index (χ0v) is 12.7. The van der Waals surface area contributed by atoms with E-state index in [4.69, 9.17) is 5.73 Å². The van der Waals surface area contributed by atoms with Crippen LogP contribution in [0.25, 0.3) is 0 Å². The standard InChI is InChI=1S/C18H22N2O/c1-3-20(13-16-6-4-5-7-17(16)19)18(21)12-15-10-8-14(2)9-11-15/h4-11H,3,12-13,19H2,1-2H3. The van der Waals surface area contributed by atoms with Crippen molar-refractivity contribution in [3.63, 3.8) is 0 Å². The van der Waals surface area contributed by atoms with E-state index >= 15 is 0 Å². The van der Waals surface area contributed by atoms with Crippen molar-refractivity contribution in [3.8, 4) is 0 Å². The molecule has 0 atom stereocenters. The monoisotopic (exact) mass is 282 g/mol. The van der Waals surface area contributed by atoms with Crippen LogP contribution >= 0.6 is 0 Å². The SMILES string of the molecule is CCN(Cc1ccccc1N)C(=O)Cc1ccc(C)cc1. The smallest absolute Gasteiger partial charge is 0.227 e. The summed E-state index contributed by atoms with van der Waals surface area (Å²) in [5.41, 5.74) is 9.94. The Hall–Kier alpha value is -2.29. The number of nitrogens with zero attached hydrogens (tertiary/aromatic N) is 1. The number of anilines is 1. The lowest BCUT2D eigenvalue weighted by molar-refractivity contribution is -0.130. The van der Waals surface area contributed by atoms with Gasteiger partial charge in [-0.2, -0.15) is 0 Å². The quantitative estimate of drug-likeness (QED) is 0.856. The lowest BCUT2D eigenvalue weighted by Crippen LogP contribution is -2.31. The Morgan fingerprint density at radius 3 is 2.38 bits per heavy atom. The van der Waals surface area contributed by atoms with Crippen LogP contribution in [0.3, 0.4) is 0 Å². The Labute approximate surface area is 126 Å². The molecule has 0 saturated heterocycles. The van der Waals surface area contributed by atoms with E-state index in [9.17, 15) is 4.79 Å². The summed E-state index contributed by atoms with van der Waals surface area (Å²) in [6, 6.07) is 15.8. The van der Waals surface area contributed by atoms with Crippen molar-refractivity contribution in [3.05, 3.63) is 65.2 Å². The number of rotatable bonds is 5. The number of amides is 1. The van der Waals surface area contributed by atoms with Crippen molar-refractivity contribution >= 4 is 11.6 Å². The van der Waals surface area contributed by atoms with Crippen LogP contribution in [0, 0.1) is 6.92 Å². The highest BCUT2D eigenvalue weighted by atomic mass is 16.2. The first-order chi connectivity index (χ1) is 10.1. The van der Waals surface area contributed by atoms with Crippen molar-refractivity contribution in [2.45, 2.75) is 26.8 Å². The van der Waals surface area contributed by atoms with Gasteiger partial charge in [0.1, 0.15) is 0 Å². The largest absolute Gasteiger partial charge is 0.398 e. The van der Waals surface area contributed by atoms with E-state index in [0.717, 1.165) is 16.8 Å². The van der Waals surface area contributed by atoms with Crippen LogP contribution in [-0.4, -0.2) is 17.4 Å². The summed E-state index contributed by atoms with van der Waals surface area (Å²) in [6.07, 6.45) is 0.431. The minimum Gasteiger partial charge on any atom is -0.398 e. The van der Waals surface area contributed by atoms with Crippen LogP contribution in [0.2, 0.25) is 0 Å². The fourth-order valence-corrected chi connectivity index (χ4v) is 2.25. The van der Waals surface area contributed by atoms with Gasteiger partial charge in [0.2, 0.25) is 5.91 Å². The van der Waals surface area contributed by atoms with E-state index in [0.29, 0.717) is 19.5 Å². The highest BCUT2D eigenvalue weighted by Gasteiger charge is 2.13. The van der Waals surface area contributed by atoms with E-state index in [1.807, 2.05) is 67.3 Å². The molecule has 2 aromatic rings. The second-order valence-corrected chi connectivity index (χ2v) is 5.27. The lowest BCUT2D eigenvalue weighted by atomic mass is 10.1. The highest BCUT2D eigenvalue weighted by molar-refractivity contribution is 5.79. The first-order valence-corrected chi connectivity index (χ1v) is 7.27. The number of carbonyl (C=O) groups excluding carboxylic acids is 1. The van der Waals surface area contributed by atoms with Gasteiger partial charge in [-0.3, -0.25) is 4.79 Å². The summed E-state index contributed by atoms with van der Waals surface area (Å²) in [5.74, 6) is 0.129. The molecule has 21 heavy (non-hydrogen) atoms. The maximum atomic E-state index is 12.4. The van der Waals surface area contributed by atoms with Crippen LogP contribution in [0.1, 0.15) is 23.6 Å². The number of benzene rings is 2. The zero-order chi connectivity index (χ0) is 15.2. The third-order valence-electron chi connectivity index (χ3n) is 3.63. The molecular weight excluding hydrogens is 260 g/mol. The van der Waals surface area contributed by atoms with Crippen molar-refractivity contribution in [2.24, 2.45) is 0 Å². The second-order valence-electron chi connectivity index (χ2n) is 5.27. The van der Waals surface area contributed by atoms with E-state index in [1.54, 1.807) is 0 Å². The zero-order valence-electron chi connectivity index (χ0n) is 12.7. The predicted molar refractivity (Wildman–Crippen MR) is 86.8 cm³/mol. The number of para-hydroxylation sites is 1. The first kappa shape index (κ1) is 15.1. The summed E-state index contributed by atoms with van der Waals surface area (Å²) in [5, 5.41) is 0. The lowest BCUT2D eigenvalue weighted by Gasteiger charge is -2.22. The van der Waals surface area contributed by atoms with Gasteiger partial charge in [0.05, 0.1) is 6.42 Å². The molecule has 2 aromatic carbocycles. The van der Waals surface area contributed by atoms with Gasteiger partial charge in [-0.25, -0.2) is 0 Å². The Bertz CT molecular complexity index is 605. The molecule has 0 aromatic heterocycles. The summed E-state index contributed by atoms with van der Waals surface area (Å²) < 4.78 is 0. The van der Waals surface area contributed by atoms with Gasteiger partial charge in [0.15, 0.2) is 0 Å². The number of likely N-dealkylation sites (N-methyl/N-ethyl adjacent to an activating group) is 1. The molecule has 2 N–H and O–H groups in total. The van der Waals surface area contributed by atoms with Gasteiger partial charge in [0.25, 0.3) is 0 Å². The predicted octanol–water partition coefficient (Wildman–Crippen LogP) is 3.17. The minimum atomic E-state index is 0.129. The average Bonchev–Trinajstić information content (AvgIpc) is 2.48. The third-order valence-corrected chi connectivity index (χ3v) is 3.63. The molecule has 0 bridgehead atoms. The number of carbonyl (C=O) groups is 1. The van der Waals surface area contributed by atoms with Gasteiger partial charge in [0, 0.05) is 18.8 Å². The van der Waals surface area contributed by atoms with Gasteiger partial charge >= 0.3 is 0 Å². The number of nitrogen functional groups attached to an aromatic ring is 1. The summed E-state index contributed by atoms with van der Waals surface area (Å²) in [7, 11) is 0. The molecule has 0 unspecified atom stereocenters. The molecule has 0 aliphatic carbocycles. The van der Waals surface area contributed by atoms with Gasteiger partial charge in [-0.1, -0.05) is 48.0 Å². The van der Waals surface area contributed by atoms with E-state index in [-0.39, 0.29) is 5.91 Å². The fourth-order valence-electron chi connectivity index (χ4n) is 2.25. The van der Waals surface area contributed by atoms with Crippen LogP contribution in [0.4, 0.5) is 5.69 Å². The topological polar surface area (TPSA) is 46.3 Å². The fraction of sp³-hybridized carbons (Fsp3) is 0.278. The van der Waals surface area contributed by atoms with E-state index in [2.05, 4.69) is 0 Å². The van der Waals surface area contributed by atoms with Crippen LogP contribution in [-0.2, 0) is 17.8 Å². The number of nitrogens with two attached hydrogens (primary N) is 1. The van der Waals surface area contributed by atoms with Gasteiger partial charge < -0.3 is 10.6 Å². The Balaban J connectivity index is 2.05. The molecule has 0 fully saturated rings. The average molecular weight is 282 g/mol. The first-order valence-electron chi connectivity index (χ1n) is 7.27. The van der Waals surface area contributed by atoms with E-state index < -0.39 is 0 Å². The van der Waals surface area contributed by atoms with Crippen LogP contribution < -0.4 is 5.73 Å². The van der Waals surface area contributed by atoms with Gasteiger partial charge in [-0.15, -0.1) is 0 Å². The Morgan fingerprint density at radius 2 is 1.76 bits per heavy atom. The highest BCUT2D eigenvalue weighted by Crippen LogP contribution is 2.14. The Morgan fingerprint density at radius 1 is 1.10 bits per heavy atom. The van der Waals surface area contributed by atoms with Crippen LogP contribution in [0.15, 0.2) is 48.5 Å². The van der Waals surface area contributed by atoms with Gasteiger partial charge in [-0.05, 0) is 31.0 Å². The second kappa shape index (κ2) is 6.93. The molecular formula is C18H22N2O. The molecule has 0 heterocycles. The molecule has 110 valence electrons. The Kier molecular flexibility index (Phi) is 4.99. The minimum absolute atomic E-state index is 0.129. The maximum absolute atomic E-state index is 12.4. The molecule has 3 nitrogen and oxygen atoms in total. The summed E-state index contributed by atoms with van der Waals surface area (Å²) in [6.45, 7) is 5.28. The third kappa shape index (κ3) is 4.09. The molecule has 2 rings (SSSR count). The van der Waals surface area contributed by atoms with E-state index in [1.165, 1.54) is 5.56 Å². The summed E-state index contributed by atoms with van der Waals surface area (Å²) >= 11 is 0. The molecule has 1 amide bonds. The van der Waals surface area contributed by atoms with Crippen molar-refractivity contribution < 1.29 is 4.79 Å². The van der Waals surface area contributed by atoms with Crippen molar-refractivity contribution in [1.82, 2.24) is 4.90 Å². The molecule has 0 aliphatic heterocycles.